The van der Waals surface area contributed by atoms with Gasteiger partial charge >= 0.3 is 12.4 Å². The molecule has 0 radical (unpaired) electrons. The number of fused-ring (bicyclic) bond motifs is 2. The minimum Gasteiger partial charge on any atom is -0.462 e. The van der Waals surface area contributed by atoms with Crippen LogP contribution in [0.25, 0.3) is 0 Å². The van der Waals surface area contributed by atoms with Gasteiger partial charge in [-0.25, -0.2) is 11.0 Å². The number of ether oxygens (including phenoxy) is 1. The summed E-state index contributed by atoms with van der Waals surface area (Å²) in [6.45, 7) is 13.6. The number of benzene rings is 2. The highest BCUT2D eigenvalue weighted by Crippen LogP contribution is 2.45. The standard InChI is InChI=1S/C32H43F6N7.C5H10O2/c1-19-8-20(2)29-27(9-19)28(6-5-7-44(29)15-21-10-23-17-42(3)18-24(23)11-21)45(30(39)41-43(4)40)16-22-12-25(31(33,34)35)14-26(13-22)32(36,37)38;1-5(2,3)7-4-6/h8-9,12-14,21,23-24,28H,5-7,10-11,15-18,40H2,1-4H3,(H2,39,41);4H,1-3H3. The summed E-state index contributed by atoms with van der Waals surface area (Å²) in [5.74, 6) is 7.67. The zero-order valence-electron chi connectivity index (χ0n) is 31.1. The Hall–Kier alpha value is -3.72. The lowest BCUT2D eigenvalue weighted by Crippen LogP contribution is -2.42. The van der Waals surface area contributed by atoms with Crippen molar-refractivity contribution < 1.29 is 35.9 Å². The van der Waals surface area contributed by atoms with E-state index in [-0.39, 0.29) is 29.7 Å². The van der Waals surface area contributed by atoms with E-state index in [4.69, 9.17) is 11.6 Å². The number of carbonyl (C=O) groups excluding carboxylic acids is 1. The summed E-state index contributed by atoms with van der Waals surface area (Å²) < 4.78 is 87.0. The minimum absolute atomic E-state index is 0.0951. The molecule has 3 unspecified atom stereocenters. The molecule has 4 N–H and O–H groups in total. The maximum absolute atomic E-state index is 13.7. The van der Waals surface area contributed by atoms with Gasteiger partial charge in [-0.2, -0.15) is 26.3 Å². The fraction of sp³-hybridized carbons (Fsp3) is 0.622. The van der Waals surface area contributed by atoms with Gasteiger partial charge in [-0.1, -0.05) is 17.7 Å². The van der Waals surface area contributed by atoms with E-state index in [9.17, 15) is 31.1 Å². The lowest BCUT2D eigenvalue weighted by molar-refractivity contribution is -0.143. The zero-order chi connectivity index (χ0) is 38.8. The molecule has 0 bridgehead atoms. The first-order valence-corrected chi connectivity index (χ1v) is 17.6. The average molecular weight is 742 g/mol. The number of alkyl halides is 6. The van der Waals surface area contributed by atoms with Crippen molar-refractivity contribution in [2.24, 2.45) is 34.4 Å². The minimum atomic E-state index is -4.96. The quantitative estimate of drug-likeness (QED) is 0.0777. The number of halogens is 6. The number of anilines is 1. The number of hydrogen-bond donors (Lipinski definition) is 2. The second-order valence-electron chi connectivity index (χ2n) is 15.6. The first kappa shape index (κ1) is 41.0. The third-order valence-corrected chi connectivity index (χ3v) is 9.90. The van der Waals surface area contributed by atoms with Crippen molar-refractivity contribution in [3.8, 4) is 0 Å². The molecule has 52 heavy (non-hydrogen) atoms. The topological polar surface area (TPSA) is 104 Å². The molecule has 290 valence electrons. The number of rotatable bonds is 7. The normalized spacial score (nSPS) is 22.6. The van der Waals surface area contributed by atoms with E-state index in [1.807, 2.05) is 27.7 Å². The van der Waals surface area contributed by atoms with Crippen LogP contribution in [0.1, 0.15) is 85.9 Å². The smallest absolute Gasteiger partial charge is 0.416 e. The van der Waals surface area contributed by atoms with Crippen LogP contribution >= 0.6 is 0 Å². The van der Waals surface area contributed by atoms with Crippen LogP contribution < -0.4 is 16.5 Å². The highest BCUT2D eigenvalue weighted by molar-refractivity contribution is 5.79. The predicted molar refractivity (Wildman–Crippen MR) is 190 cm³/mol. The molecule has 1 saturated heterocycles. The third kappa shape index (κ3) is 10.7. The first-order chi connectivity index (χ1) is 24.0. The molecule has 1 aliphatic carbocycles. The van der Waals surface area contributed by atoms with Crippen LogP contribution in [-0.2, 0) is 28.4 Å². The molecule has 3 aliphatic rings. The van der Waals surface area contributed by atoms with Crippen molar-refractivity contribution >= 4 is 18.1 Å². The maximum Gasteiger partial charge on any atom is 0.416 e. The average Bonchev–Trinajstić information content (AvgIpc) is 3.46. The van der Waals surface area contributed by atoms with Gasteiger partial charge in [0.2, 0.25) is 5.96 Å². The van der Waals surface area contributed by atoms with Gasteiger partial charge in [0.25, 0.3) is 6.47 Å². The Bertz CT molecular complexity index is 1530. The van der Waals surface area contributed by atoms with E-state index in [1.54, 1.807) is 4.90 Å². The number of nitrogens with two attached hydrogens (primary N) is 2. The van der Waals surface area contributed by atoms with Crippen molar-refractivity contribution in [3.05, 3.63) is 63.7 Å². The monoisotopic (exact) mass is 741 g/mol. The van der Waals surface area contributed by atoms with Gasteiger partial charge in [-0.05, 0) is 120 Å². The Balaban J connectivity index is 0.000000785. The van der Waals surface area contributed by atoms with Crippen LogP contribution in [0.2, 0.25) is 0 Å². The van der Waals surface area contributed by atoms with Gasteiger partial charge < -0.3 is 25.2 Å². The van der Waals surface area contributed by atoms with Gasteiger partial charge in [0.05, 0.1) is 17.2 Å². The van der Waals surface area contributed by atoms with Crippen LogP contribution in [-0.4, -0.2) is 73.2 Å². The molecule has 15 heteroatoms. The first-order valence-electron chi connectivity index (χ1n) is 17.6. The summed E-state index contributed by atoms with van der Waals surface area (Å²) >= 11 is 0. The van der Waals surface area contributed by atoms with Crippen LogP contribution in [0.4, 0.5) is 32.0 Å². The summed E-state index contributed by atoms with van der Waals surface area (Å²) in [6.07, 6.45) is -6.24. The van der Waals surface area contributed by atoms with E-state index in [0.717, 1.165) is 72.2 Å². The molecular weight excluding hydrogens is 688 g/mol. The van der Waals surface area contributed by atoms with Crippen molar-refractivity contribution in [3.63, 3.8) is 0 Å². The number of guanidine groups is 1. The molecule has 9 nitrogen and oxygen atoms in total. The molecule has 5 rings (SSSR count). The van der Waals surface area contributed by atoms with Crippen molar-refractivity contribution in [2.45, 2.75) is 90.8 Å². The SMILES string of the molecule is CC(C)(C)OC=O.Cc1cc(C)c2c(c1)C(N(Cc1cc(C(F)(F)F)cc(C(F)(F)F)c1)/C(N)=N/N(C)N)CCCN2CC1CC2CN(C)CC2C1. The Kier molecular flexibility index (Phi) is 12.7. The Morgan fingerprint density at radius 1 is 0.981 bits per heavy atom. The fourth-order valence-electron chi connectivity index (χ4n) is 8.07. The van der Waals surface area contributed by atoms with Gasteiger partial charge in [0.15, 0.2) is 0 Å². The van der Waals surface area contributed by atoms with Gasteiger partial charge in [0.1, 0.15) is 5.60 Å². The summed E-state index contributed by atoms with van der Waals surface area (Å²) in [5.41, 5.74) is 7.27. The zero-order valence-corrected chi connectivity index (χ0v) is 31.1. The van der Waals surface area contributed by atoms with Crippen LogP contribution in [0.5, 0.6) is 0 Å². The number of nitrogens with zero attached hydrogens (tertiary/aromatic N) is 5. The van der Waals surface area contributed by atoms with Gasteiger partial charge in [-0.15, -0.1) is 5.10 Å². The van der Waals surface area contributed by atoms with E-state index in [2.05, 4.69) is 45.7 Å². The number of carbonyl (C=O) groups is 1. The second-order valence-corrected chi connectivity index (χ2v) is 15.6. The van der Waals surface area contributed by atoms with E-state index in [1.165, 1.54) is 19.9 Å². The molecule has 2 heterocycles. The molecule has 2 aromatic carbocycles. The predicted octanol–water partition coefficient (Wildman–Crippen LogP) is 7.07. The molecule has 3 atom stereocenters. The van der Waals surface area contributed by atoms with E-state index in [0.29, 0.717) is 30.6 Å². The van der Waals surface area contributed by atoms with Crippen LogP contribution in [0.3, 0.4) is 0 Å². The number of aryl methyl sites for hydroxylation is 2. The van der Waals surface area contributed by atoms with Crippen LogP contribution in [0, 0.1) is 31.6 Å². The van der Waals surface area contributed by atoms with Gasteiger partial charge in [-0.3, -0.25) is 4.79 Å². The van der Waals surface area contributed by atoms with E-state index < -0.39 is 29.5 Å². The van der Waals surface area contributed by atoms with Crippen LogP contribution in [0.15, 0.2) is 35.4 Å². The summed E-state index contributed by atoms with van der Waals surface area (Å²) in [4.78, 5) is 16.0. The summed E-state index contributed by atoms with van der Waals surface area (Å²) in [6, 6.07) is 5.35. The Morgan fingerprint density at radius 2 is 1.56 bits per heavy atom. The third-order valence-electron chi connectivity index (χ3n) is 9.90. The van der Waals surface area contributed by atoms with Crippen molar-refractivity contribution in [1.82, 2.24) is 14.9 Å². The largest absolute Gasteiger partial charge is 0.462 e. The summed E-state index contributed by atoms with van der Waals surface area (Å²) in [5, 5.41) is 5.13. The molecule has 2 aromatic rings. The van der Waals surface area contributed by atoms with E-state index >= 15 is 0 Å². The molecule has 2 fully saturated rings. The fourth-order valence-corrected chi connectivity index (χ4v) is 8.07. The molecular formula is C37H53F6N7O2. The highest BCUT2D eigenvalue weighted by Gasteiger charge is 2.41. The lowest BCUT2D eigenvalue weighted by atomic mass is 9.94. The number of hydrogen-bond acceptors (Lipinski definition) is 7. The molecule has 0 spiro atoms. The maximum atomic E-state index is 13.7. The molecule has 2 aliphatic heterocycles. The van der Waals surface area contributed by atoms with Gasteiger partial charge in [0, 0.05) is 45.5 Å². The molecule has 0 amide bonds. The number of likely N-dealkylation sites (tertiary alicyclic amines) is 1. The second kappa shape index (κ2) is 16.1. The van der Waals surface area contributed by atoms with Crippen molar-refractivity contribution in [2.75, 3.05) is 45.2 Å². The number of hydrazone groups is 1. The molecule has 0 aromatic heterocycles. The Labute approximate surface area is 302 Å². The summed E-state index contributed by atoms with van der Waals surface area (Å²) in [7, 11) is 3.62. The number of hydrazine groups is 1. The lowest BCUT2D eigenvalue weighted by Gasteiger charge is -2.35. The van der Waals surface area contributed by atoms with Crippen molar-refractivity contribution in [1.29, 1.82) is 0 Å². The Morgan fingerprint density at radius 3 is 2.04 bits per heavy atom. The molecule has 1 saturated carbocycles. The highest BCUT2D eigenvalue weighted by atomic mass is 19.4.